The van der Waals surface area contributed by atoms with Crippen LogP contribution in [-0.4, -0.2) is 41.3 Å². The van der Waals surface area contributed by atoms with Crippen LogP contribution in [-0.2, 0) is 14.3 Å². The van der Waals surface area contributed by atoms with Gasteiger partial charge in [-0.1, -0.05) is 0 Å². The average Bonchev–Trinajstić information content (AvgIpc) is 2.67. The molecule has 0 aliphatic carbocycles. The van der Waals surface area contributed by atoms with Crippen LogP contribution >= 0.6 is 0 Å². The van der Waals surface area contributed by atoms with Crippen LogP contribution in [0.2, 0.25) is 0 Å². The molecular formula is C16H25NO4. The highest BCUT2D eigenvalue weighted by molar-refractivity contribution is 5.83. The van der Waals surface area contributed by atoms with Gasteiger partial charge in [-0.05, 0) is 59.0 Å². The fourth-order valence-corrected chi connectivity index (χ4v) is 3.12. The normalized spacial score (nSPS) is 26.9. The van der Waals surface area contributed by atoms with Gasteiger partial charge in [0.15, 0.2) is 0 Å². The summed E-state index contributed by atoms with van der Waals surface area (Å²) in [6.45, 7) is 7.76. The standard InChI is InChI=1S/C16H25NO4/c1-5-20-14(18)10-11-6-7-12-8-9-13(11)17(12)15(19)21-16(2,3)4/h10,12-13H,5-9H2,1-4H3. The molecule has 0 spiro atoms. The van der Waals surface area contributed by atoms with Crippen LogP contribution in [0, 0.1) is 0 Å². The lowest BCUT2D eigenvalue weighted by Crippen LogP contribution is -2.47. The first kappa shape index (κ1) is 15.9. The van der Waals surface area contributed by atoms with Gasteiger partial charge in [-0.2, -0.15) is 0 Å². The lowest BCUT2D eigenvalue weighted by atomic mass is 9.96. The SMILES string of the molecule is CCOC(=O)C=C1CCC2CCC1N2C(=O)OC(C)(C)C. The number of rotatable bonds is 2. The maximum absolute atomic E-state index is 12.4. The minimum atomic E-state index is -0.501. The summed E-state index contributed by atoms with van der Waals surface area (Å²) in [5.74, 6) is -0.318. The van der Waals surface area contributed by atoms with Crippen molar-refractivity contribution < 1.29 is 19.1 Å². The predicted octanol–water partition coefficient (Wildman–Crippen LogP) is 3.04. The van der Waals surface area contributed by atoms with E-state index in [0.717, 1.165) is 31.3 Å². The first-order valence-corrected chi connectivity index (χ1v) is 7.70. The molecule has 118 valence electrons. The van der Waals surface area contributed by atoms with Crippen LogP contribution in [0.5, 0.6) is 0 Å². The minimum Gasteiger partial charge on any atom is -0.463 e. The van der Waals surface area contributed by atoms with E-state index in [9.17, 15) is 9.59 Å². The van der Waals surface area contributed by atoms with E-state index in [-0.39, 0.29) is 24.1 Å². The van der Waals surface area contributed by atoms with Crippen LogP contribution in [0.3, 0.4) is 0 Å². The van der Waals surface area contributed by atoms with Gasteiger partial charge in [0.1, 0.15) is 5.60 Å². The Morgan fingerprint density at radius 1 is 1.29 bits per heavy atom. The summed E-state index contributed by atoms with van der Waals surface area (Å²) in [6.07, 6.45) is 4.91. The van der Waals surface area contributed by atoms with Gasteiger partial charge in [-0.3, -0.25) is 4.90 Å². The molecule has 0 aromatic heterocycles. The molecule has 0 aromatic carbocycles. The molecule has 5 heteroatoms. The molecular weight excluding hydrogens is 270 g/mol. The van der Waals surface area contributed by atoms with Gasteiger partial charge in [-0.25, -0.2) is 9.59 Å². The van der Waals surface area contributed by atoms with Crippen molar-refractivity contribution in [1.29, 1.82) is 0 Å². The summed E-state index contributed by atoms with van der Waals surface area (Å²) in [5, 5.41) is 0. The Morgan fingerprint density at radius 2 is 2.00 bits per heavy atom. The number of amides is 1. The molecule has 21 heavy (non-hydrogen) atoms. The van der Waals surface area contributed by atoms with Gasteiger partial charge in [0.05, 0.1) is 12.6 Å². The van der Waals surface area contributed by atoms with Crippen LogP contribution < -0.4 is 0 Å². The first-order chi connectivity index (χ1) is 9.81. The van der Waals surface area contributed by atoms with Crippen LogP contribution in [0.25, 0.3) is 0 Å². The van der Waals surface area contributed by atoms with Gasteiger partial charge < -0.3 is 9.47 Å². The number of hydrogen-bond acceptors (Lipinski definition) is 4. The summed E-state index contributed by atoms with van der Waals surface area (Å²) in [4.78, 5) is 25.9. The number of fused-ring (bicyclic) bond motifs is 2. The van der Waals surface area contributed by atoms with Gasteiger partial charge >= 0.3 is 12.1 Å². The Hall–Kier alpha value is -1.52. The average molecular weight is 295 g/mol. The number of carbonyl (C=O) groups excluding carboxylic acids is 2. The monoisotopic (exact) mass is 295 g/mol. The molecule has 5 nitrogen and oxygen atoms in total. The molecule has 1 amide bonds. The molecule has 2 unspecified atom stereocenters. The number of ether oxygens (including phenoxy) is 2. The van der Waals surface area contributed by atoms with Crippen LogP contribution in [0.15, 0.2) is 11.6 Å². The topological polar surface area (TPSA) is 55.8 Å². The highest BCUT2D eigenvalue weighted by Gasteiger charge is 2.44. The van der Waals surface area contributed by atoms with Crippen LogP contribution in [0.4, 0.5) is 4.79 Å². The number of carbonyl (C=O) groups is 2. The number of nitrogens with zero attached hydrogens (tertiary/aromatic N) is 1. The molecule has 2 heterocycles. The minimum absolute atomic E-state index is 0.0111. The number of esters is 1. The third-order valence-electron chi connectivity index (χ3n) is 3.89. The Kier molecular flexibility index (Phi) is 4.59. The second-order valence-electron chi connectivity index (χ2n) is 6.64. The fourth-order valence-electron chi connectivity index (χ4n) is 3.12. The molecule has 0 aromatic rings. The van der Waals surface area contributed by atoms with E-state index in [2.05, 4.69) is 0 Å². The molecule has 2 saturated heterocycles. The summed E-state index contributed by atoms with van der Waals surface area (Å²) >= 11 is 0. The van der Waals surface area contributed by atoms with Crippen molar-refractivity contribution in [2.24, 2.45) is 0 Å². The molecule has 2 fully saturated rings. The van der Waals surface area contributed by atoms with Gasteiger partial charge in [-0.15, -0.1) is 0 Å². The van der Waals surface area contributed by atoms with E-state index in [1.54, 1.807) is 13.0 Å². The molecule has 2 atom stereocenters. The Labute approximate surface area is 126 Å². The van der Waals surface area contributed by atoms with E-state index in [4.69, 9.17) is 9.47 Å². The Balaban J connectivity index is 2.13. The third kappa shape index (κ3) is 3.77. The zero-order valence-electron chi connectivity index (χ0n) is 13.3. The van der Waals surface area contributed by atoms with Crippen molar-refractivity contribution >= 4 is 12.1 Å². The van der Waals surface area contributed by atoms with E-state index in [1.807, 2.05) is 25.7 Å². The Morgan fingerprint density at radius 3 is 2.62 bits per heavy atom. The van der Waals surface area contributed by atoms with Gasteiger partial charge in [0.25, 0.3) is 0 Å². The zero-order valence-corrected chi connectivity index (χ0v) is 13.3. The maximum Gasteiger partial charge on any atom is 0.411 e. The van der Waals surface area contributed by atoms with Crippen LogP contribution in [0.1, 0.15) is 53.4 Å². The van der Waals surface area contributed by atoms with E-state index in [1.165, 1.54) is 0 Å². The maximum atomic E-state index is 12.4. The summed E-state index contributed by atoms with van der Waals surface area (Å²) in [7, 11) is 0. The van der Waals surface area contributed by atoms with Gasteiger partial charge in [0, 0.05) is 12.1 Å². The quantitative estimate of drug-likeness (QED) is 0.580. The molecule has 2 rings (SSSR count). The van der Waals surface area contributed by atoms with Crippen molar-refractivity contribution in [3.8, 4) is 0 Å². The summed E-state index contributed by atoms with van der Waals surface area (Å²) < 4.78 is 10.5. The fraction of sp³-hybridized carbons (Fsp3) is 0.750. The highest BCUT2D eigenvalue weighted by Crippen LogP contribution is 2.39. The zero-order chi connectivity index (χ0) is 15.6. The summed E-state index contributed by atoms with van der Waals surface area (Å²) in [6, 6.07) is 0.229. The lowest BCUT2D eigenvalue weighted by molar-refractivity contribution is -0.137. The predicted molar refractivity (Wildman–Crippen MR) is 78.8 cm³/mol. The van der Waals surface area contributed by atoms with E-state index < -0.39 is 5.60 Å². The smallest absolute Gasteiger partial charge is 0.411 e. The molecule has 2 aliphatic rings. The number of piperidine rings is 1. The summed E-state index contributed by atoms with van der Waals surface area (Å²) in [5.41, 5.74) is 0.493. The molecule has 2 bridgehead atoms. The molecule has 0 N–H and O–H groups in total. The number of hydrogen-bond donors (Lipinski definition) is 0. The van der Waals surface area contributed by atoms with E-state index >= 15 is 0 Å². The van der Waals surface area contributed by atoms with Gasteiger partial charge in [0.2, 0.25) is 0 Å². The molecule has 2 aliphatic heterocycles. The highest BCUT2D eigenvalue weighted by atomic mass is 16.6. The second kappa shape index (κ2) is 6.08. The van der Waals surface area contributed by atoms with Crippen molar-refractivity contribution in [3.05, 3.63) is 11.6 Å². The second-order valence-corrected chi connectivity index (χ2v) is 6.64. The Bertz CT molecular complexity index is 450. The molecule has 0 radical (unpaired) electrons. The largest absolute Gasteiger partial charge is 0.463 e. The van der Waals surface area contributed by atoms with Crippen molar-refractivity contribution in [2.45, 2.75) is 71.1 Å². The first-order valence-electron chi connectivity index (χ1n) is 7.70. The molecule has 0 saturated carbocycles. The third-order valence-corrected chi connectivity index (χ3v) is 3.89. The lowest BCUT2D eigenvalue weighted by Gasteiger charge is -2.37. The van der Waals surface area contributed by atoms with E-state index in [0.29, 0.717) is 6.61 Å². The van der Waals surface area contributed by atoms with Crippen molar-refractivity contribution in [1.82, 2.24) is 4.90 Å². The van der Waals surface area contributed by atoms with Crippen molar-refractivity contribution in [3.63, 3.8) is 0 Å². The van der Waals surface area contributed by atoms with Crippen molar-refractivity contribution in [2.75, 3.05) is 6.61 Å².